The summed E-state index contributed by atoms with van der Waals surface area (Å²) in [7, 11) is 1.63. The maximum Gasteiger partial charge on any atom is 0.278 e. The first-order valence-electron chi connectivity index (χ1n) is 9.12. The number of fused-ring (bicyclic) bond motifs is 1. The molecule has 1 aliphatic heterocycles. The summed E-state index contributed by atoms with van der Waals surface area (Å²) in [6.45, 7) is 1.07. The second kappa shape index (κ2) is 7.35. The Labute approximate surface area is 171 Å². The van der Waals surface area contributed by atoms with Crippen LogP contribution in [0.5, 0.6) is 5.75 Å². The van der Waals surface area contributed by atoms with Crippen molar-refractivity contribution in [1.82, 2.24) is 19.9 Å². The van der Waals surface area contributed by atoms with Crippen molar-refractivity contribution in [3.63, 3.8) is 0 Å². The molecule has 5 rings (SSSR count). The number of halogens is 1. The van der Waals surface area contributed by atoms with Gasteiger partial charge in [-0.15, -0.1) is 0 Å². The van der Waals surface area contributed by atoms with Gasteiger partial charge in [-0.25, -0.2) is 0 Å². The van der Waals surface area contributed by atoms with Gasteiger partial charge in [-0.1, -0.05) is 28.9 Å². The van der Waals surface area contributed by atoms with Gasteiger partial charge in [0.15, 0.2) is 5.69 Å². The molecule has 0 spiro atoms. The van der Waals surface area contributed by atoms with Crippen LogP contribution in [0.25, 0.3) is 23.0 Å². The summed E-state index contributed by atoms with van der Waals surface area (Å²) in [6.07, 6.45) is -0.0786. The molecular formula is C21H17ClN4O3. The highest BCUT2D eigenvalue weighted by molar-refractivity contribution is 6.30. The molecule has 0 bridgehead atoms. The van der Waals surface area contributed by atoms with Crippen LogP contribution in [0.4, 0.5) is 0 Å². The quantitative estimate of drug-likeness (QED) is 0.493. The minimum atomic E-state index is -0.0786. The molecule has 4 aromatic rings. The second-order valence-corrected chi connectivity index (χ2v) is 7.14. The molecule has 0 saturated carbocycles. The van der Waals surface area contributed by atoms with Crippen molar-refractivity contribution in [2.24, 2.45) is 0 Å². The fourth-order valence-electron chi connectivity index (χ4n) is 3.29. The molecule has 29 heavy (non-hydrogen) atoms. The van der Waals surface area contributed by atoms with Gasteiger partial charge >= 0.3 is 0 Å². The lowest BCUT2D eigenvalue weighted by atomic mass is 10.1. The van der Waals surface area contributed by atoms with Gasteiger partial charge in [0.25, 0.3) is 5.89 Å². The predicted molar refractivity (Wildman–Crippen MR) is 106 cm³/mol. The van der Waals surface area contributed by atoms with E-state index < -0.39 is 0 Å². The van der Waals surface area contributed by atoms with Crippen LogP contribution >= 0.6 is 11.6 Å². The summed E-state index contributed by atoms with van der Waals surface area (Å²) in [5, 5.41) is 9.42. The lowest BCUT2D eigenvalue weighted by molar-refractivity contribution is -0.00112. The maximum absolute atomic E-state index is 5.99. The van der Waals surface area contributed by atoms with Gasteiger partial charge in [0.2, 0.25) is 5.82 Å². The van der Waals surface area contributed by atoms with E-state index in [-0.39, 0.29) is 6.10 Å². The van der Waals surface area contributed by atoms with Crippen LogP contribution in [0.1, 0.15) is 17.4 Å². The summed E-state index contributed by atoms with van der Waals surface area (Å²) >= 11 is 5.98. The van der Waals surface area contributed by atoms with Crippen molar-refractivity contribution in [3.8, 4) is 28.7 Å². The molecule has 146 valence electrons. The van der Waals surface area contributed by atoms with Crippen LogP contribution < -0.4 is 4.74 Å². The highest BCUT2D eigenvalue weighted by Gasteiger charge is 2.24. The molecule has 0 aliphatic carbocycles. The third-order valence-corrected chi connectivity index (χ3v) is 5.12. The summed E-state index contributed by atoms with van der Waals surface area (Å²) in [5.41, 5.74) is 3.51. The Balaban J connectivity index is 1.37. The first kappa shape index (κ1) is 17.9. The Morgan fingerprint density at radius 1 is 1.10 bits per heavy atom. The van der Waals surface area contributed by atoms with E-state index in [9.17, 15) is 0 Å². The van der Waals surface area contributed by atoms with Gasteiger partial charge < -0.3 is 14.0 Å². The van der Waals surface area contributed by atoms with E-state index in [2.05, 4.69) is 15.2 Å². The number of methoxy groups -OCH3 is 1. The Bertz CT molecular complexity index is 1140. The highest BCUT2D eigenvalue weighted by atomic mass is 35.5. The van der Waals surface area contributed by atoms with Gasteiger partial charge in [-0.2, -0.15) is 10.1 Å². The Morgan fingerprint density at radius 3 is 2.66 bits per heavy atom. The number of hydrogen-bond donors (Lipinski definition) is 0. The van der Waals surface area contributed by atoms with Gasteiger partial charge in [0.05, 0.1) is 26.0 Å². The summed E-state index contributed by atoms with van der Waals surface area (Å²) in [5.74, 6) is 1.65. The Hall–Kier alpha value is -3.16. The largest absolute Gasteiger partial charge is 0.497 e. The average Bonchev–Trinajstić information content (AvgIpc) is 3.41. The number of nitrogens with zero attached hydrogens (tertiary/aromatic N) is 4. The Kier molecular flexibility index (Phi) is 4.54. The standard InChI is InChI=1S/C21H17ClN4O3/c1-27-17-8-4-14(5-9-17)20-23-21(29-25-20)18-10-16-12-28-19(11-26(16)24-18)13-2-6-15(22)7-3-13/h2-10,19H,11-12H2,1H3/t19-/m0/s1. The van der Waals surface area contributed by atoms with Crippen molar-refractivity contribution >= 4 is 11.6 Å². The van der Waals surface area contributed by atoms with Crippen LogP contribution in [0.15, 0.2) is 59.1 Å². The van der Waals surface area contributed by atoms with Gasteiger partial charge in [-0.05, 0) is 48.0 Å². The average molecular weight is 409 g/mol. The van der Waals surface area contributed by atoms with Gasteiger partial charge in [0.1, 0.15) is 11.9 Å². The molecule has 8 heteroatoms. The number of ether oxygens (including phenoxy) is 2. The lowest BCUT2D eigenvalue weighted by Gasteiger charge is -2.24. The molecule has 2 aromatic heterocycles. The van der Waals surface area contributed by atoms with Crippen molar-refractivity contribution in [1.29, 1.82) is 0 Å². The first-order valence-corrected chi connectivity index (χ1v) is 9.50. The van der Waals surface area contributed by atoms with E-state index in [1.807, 2.05) is 59.3 Å². The topological polar surface area (TPSA) is 75.2 Å². The summed E-state index contributed by atoms with van der Waals surface area (Å²) < 4.78 is 18.5. The van der Waals surface area contributed by atoms with E-state index >= 15 is 0 Å². The summed E-state index contributed by atoms with van der Waals surface area (Å²) in [6, 6.07) is 17.1. The number of aromatic nitrogens is 4. The Morgan fingerprint density at radius 2 is 1.90 bits per heavy atom. The zero-order chi connectivity index (χ0) is 19.8. The smallest absolute Gasteiger partial charge is 0.278 e. The molecule has 0 radical (unpaired) electrons. The molecule has 1 atom stereocenters. The van der Waals surface area contributed by atoms with Crippen molar-refractivity contribution < 1.29 is 14.0 Å². The lowest BCUT2D eigenvalue weighted by Crippen LogP contribution is -2.21. The number of hydrogen-bond acceptors (Lipinski definition) is 6. The molecule has 0 fully saturated rings. The minimum Gasteiger partial charge on any atom is -0.497 e. The second-order valence-electron chi connectivity index (χ2n) is 6.71. The zero-order valence-corrected chi connectivity index (χ0v) is 16.3. The number of rotatable bonds is 4. The molecular weight excluding hydrogens is 392 g/mol. The molecule has 7 nitrogen and oxygen atoms in total. The third-order valence-electron chi connectivity index (χ3n) is 4.87. The third kappa shape index (κ3) is 3.50. The van der Waals surface area contributed by atoms with Crippen LogP contribution in [0.2, 0.25) is 5.02 Å². The molecule has 0 unspecified atom stereocenters. The number of benzene rings is 2. The van der Waals surface area contributed by atoms with Gasteiger partial charge in [0, 0.05) is 10.6 Å². The van der Waals surface area contributed by atoms with E-state index in [0.29, 0.717) is 35.6 Å². The van der Waals surface area contributed by atoms with Crippen molar-refractivity contribution in [3.05, 3.63) is 70.9 Å². The van der Waals surface area contributed by atoms with E-state index in [1.165, 1.54) is 0 Å². The molecule has 0 N–H and O–H groups in total. The fraction of sp³-hybridized carbons (Fsp3) is 0.190. The zero-order valence-electron chi connectivity index (χ0n) is 15.6. The van der Waals surface area contributed by atoms with Crippen LogP contribution in [0.3, 0.4) is 0 Å². The maximum atomic E-state index is 5.99. The van der Waals surface area contributed by atoms with Gasteiger partial charge in [-0.3, -0.25) is 4.68 Å². The molecule has 0 saturated heterocycles. The van der Waals surface area contributed by atoms with E-state index in [1.54, 1.807) is 7.11 Å². The van der Waals surface area contributed by atoms with Crippen molar-refractivity contribution in [2.45, 2.75) is 19.3 Å². The molecule has 0 amide bonds. The SMILES string of the molecule is COc1ccc(-c2noc(-c3cc4n(n3)C[C@@H](c3ccc(Cl)cc3)OC4)n2)cc1. The molecule has 2 aromatic carbocycles. The highest BCUT2D eigenvalue weighted by Crippen LogP contribution is 2.30. The summed E-state index contributed by atoms with van der Waals surface area (Å²) in [4.78, 5) is 4.49. The van der Waals surface area contributed by atoms with Crippen LogP contribution in [-0.2, 0) is 17.9 Å². The monoisotopic (exact) mass is 408 g/mol. The molecule has 1 aliphatic rings. The normalized spacial score (nSPS) is 15.9. The van der Waals surface area contributed by atoms with E-state index in [4.69, 9.17) is 25.6 Å². The van der Waals surface area contributed by atoms with Crippen molar-refractivity contribution in [2.75, 3.05) is 7.11 Å². The molecule has 3 heterocycles. The van der Waals surface area contributed by atoms with Crippen LogP contribution in [-0.4, -0.2) is 27.0 Å². The van der Waals surface area contributed by atoms with Crippen LogP contribution in [0, 0.1) is 0 Å². The fourth-order valence-corrected chi connectivity index (χ4v) is 3.42. The predicted octanol–water partition coefficient (Wildman–Crippen LogP) is 4.53. The minimum absolute atomic E-state index is 0.0786. The first-order chi connectivity index (χ1) is 14.2. The van der Waals surface area contributed by atoms with E-state index in [0.717, 1.165) is 22.6 Å².